The van der Waals surface area contributed by atoms with Gasteiger partial charge in [0.15, 0.2) is 5.96 Å². The lowest BCUT2D eigenvalue weighted by Crippen LogP contribution is -2.60. The van der Waals surface area contributed by atoms with Crippen molar-refractivity contribution in [2.45, 2.75) is 244 Å². The molecule has 0 aliphatic rings. The number of aliphatic imine (C=N–C) groups is 1. The van der Waals surface area contributed by atoms with Crippen LogP contribution < -0.4 is 114 Å². The second kappa shape index (κ2) is 48.6. The average molecular weight is 1570 g/mol. The van der Waals surface area contributed by atoms with Gasteiger partial charge in [-0.15, -0.1) is 0 Å². The number of H-pyrrole nitrogens is 1. The van der Waals surface area contributed by atoms with Crippen molar-refractivity contribution < 1.29 is 81.5 Å². The van der Waals surface area contributed by atoms with Crippen molar-refractivity contribution in [1.29, 1.82) is 0 Å². The number of fused-ring (bicyclic) bond motifs is 1. The molecular formula is C69H115N23O17S. The number of hydrogen-bond donors (Lipinski definition) is 22. The first-order valence-corrected chi connectivity index (χ1v) is 37.7. The summed E-state index contributed by atoms with van der Waals surface area (Å²) in [4.78, 5) is 233. The number of nitrogens with one attached hydrogen (secondary N) is 17. The van der Waals surface area contributed by atoms with E-state index in [1.165, 1.54) is 94.8 Å². The fourth-order valence-corrected chi connectivity index (χ4v) is 10.8. The normalized spacial score (nSPS) is 15.4. The Morgan fingerprint density at radius 2 is 0.645 bits per heavy atom. The minimum Gasteiger partial charge on any atom is -0.370 e. The van der Waals surface area contributed by atoms with Gasteiger partial charge in [0.05, 0.1) is 0 Å². The molecule has 1 aromatic carbocycles. The van der Waals surface area contributed by atoms with Crippen molar-refractivity contribution in [3.05, 3.63) is 36.0 Å². The highest BCUT2D eigenvalue weighted by Crippen LogP contribution is 2.20. The number of guanidine groups is 1. The molecule has 0 saturated carbocycles. The van der Waals surface area contributed by atoms with Crippen LogP contribution in [0, 0.1) is 0 Å². The van der Waals surface area contributed by atoms with Crippen LogP contribution in [-0.4, -0.2) is 240 Å². The summed E-state index contributed by atoms with van der Waals surface area (Å²) in [7, 11) is 0. The number of unbranched alkanes of at least 4 members (excludes halogenated alkanes) is 2. The summed E-state index contributed by atoms with van der Waals surface area (Å²) in [6.45, 7) is 16.5. The third kappa shape index (κ3) is 34.2. The van der Waals surface area contributed by atoms with E-state index in [1.807, 2.05) is 0 Å². The summed E-state index contributed by atoms with van der Waals surface area (Å²) in [5.41, 5.74) is 28.8. The zero-order valence-electron chi connectivity index (χ0n) is 64.7. The van der Waals surface area contributed by atoms with Gasteiger partial charge in [0.25, 0.3) is 0 Å². The van der Waals surface area contributed by atoms with Gasteiger partial charge in [-0.05, 0) is 171 Å². The third-order valence-corrected chi connectivity index (χ3v) is 17.7. The van der Waals surface area contributed by atoms with Gasteiger partial charge in [0, 0.05) is 37.0 Å². The van der Waals surface area contributed by atoms with E-state index in [9.17, 15) is 81.5 Å². The van der Waals surface area contributed by atoms with Crippen LogP contribution in [0.3, 0.4) is 0 Å². The van der Waals surface area contributed by atoms with Crippen LogP contribution >= 0.6 is 11.8 Å². The summed E-state index contributed by atoms with van der Waals surface area (Å²) in [6.07, 6.45) is 5.29. The maximum absolute atomic E-state index is 14.3. The number of hydrogen-bond acceptors (Lipinski definition) is 21. The second-order valence-electron chi connectivity index (χ2n) is 26.8. The summed E-state index contributed by atoms with van der Waals surface area (Å²) < 4.78 is 0. The van der Waals surface area contributed by atoms with Gasteiger partial charge in [0.2, 0.25) is 100 Å². The van der Waals surface area contributed by atoms with Crippen LogP contribution in [0.15, 0.2) is 35.5 Å². The summed E-state index contributed by atoms with van der Waals surface area (Å²) in [6, 6.07) is -13.0. The Balaban J connectivity index is 2.17. The molecule has 2 rings (SSSR count). The minimum atomic E-state index is -1.42. The maximum Gasteiger partial charge on any atom is 0.243 e. The summed E-state index contributed by atoms with van der Waals surface area (Å²) in [5, 5.41) is 40.9. The van der Waals surface area contributed by atoms with Gasteiger partial charge < -0.3 is 119 Å². The highest BCUT2D eigenvalue weighted by atomic mass is 32.2. The van der Waals surface area contributed by atoms with Gasteiger partial charge in [-0.25, -0.2) is 0 Å². The fraction of sp³-hybridized carbons (Fsp3) is 0.623. The monoisotopic (exact) mass is 1570 g/mol. The molecule has 0 fully saturated rings. The molecule has 0 radical (unpaired) electrons. The van der Waals surface area contributed by atoms with Crippen LogP contribution in [0.4, 0.5) is 0 Å². The summed E-state index contributed by atoms with van der Waals surface area (Å²) >= 11 is 1.41. The number of aromatic amines is 1. The van der Waals surface area contributed by atoms with Gasteiger partial charge in [-0.3, -0.25) is 86.5 Å². The van der Waals surface area contributed by atoms with Gasteiger partial charge >= 0.3 is 0 Å². The number of carbonyl (C=O) groups excluding carboxylic acids is 17. The average Bonchev–Trinajstić information content (AvgIpc) is 1.66. The second-order valence-corrected chi connectivity index (χ2v) is 27.8. The Morgan fingerprint density at radius 3 is 0.964 bits per heavy atom. The largest absolute Gasteiger partial charge is 0.370 e. The lowest BCUT2D eigenvalue weighted by Gasteiger charge is -2.26. The first-order chi connectivity index (χ1) is 51.7. The summed E-state index contributed by atoms with van der Waals surface area (Å²) in [5.74, 6) is -13.1. The predicted octanol–water partition coefficient (Wildman–Crippen LogP) is -6.74. The Bertz CT molecular complexity index is 3560. The van der Waals surface area contributed by atoms with Crippen LogP contribution in [0.1, 0.15) is 146 Å². The Morgan fingerprint density at radius 1 is 0.364 bits per heavy atom. The smallest absolute Gasteiger partial charge is 0.243 e. The number of carbonyl (C=O) groups is 17. The quantitative estimate of drug-likeness (QED) is 0.0166. The standard InChI is InChI=1S/C69H115N23O17S/c1-33(53(72)94)78-64(105)50(25-20-29-75-69(73)74)90-62(103)42(10)81-55(96)36(4)79-54(95)35(3)80-56(97)37(5)84-65(106)48(23-16-18-27-70)88-61(102)41(9)83-58(99)39(7)87-68(109)52(31-45-32-76-47-22-15-14-21-46(45)47)92-63(104)43(11)86-66(107)49(24-17-19-28-71)89-60(101)40(8)82-57(98)38(6)85-67(108)51(26-30-110-13)91-59(100)34(2)77-44(12)93/h14-15,21-22,32-43,48-52,76H,16-20,23-31,70-71H2,1-13H3,(H2,72,94)(H,77,93)(H,78,105)(H,79,95)(H,80,97)(H,81,96)(H,82,98)(H,83,99)(H,84,106)(H,85,108)(H,86,107)(H,87,109)(H,88,102)(H,89,101)(H,90,103)(H,91,100)(H,92,104)(H4,73,74,75)/t33-,34-,35-,36-,37-,38-,39-,40-,41-,42-,43-,48-,49-,50-,51-,52-/m0/s1. The molecule has 1 aromatic heterocycles. The molecule has 0 bridgehead atoms. The maximum atomic E-state index is 14.3. The molecule has 27 N–H and O–H groups in total. The van der Waals surface area contributed by atoms with Crippen LogP contribution in [0.25, 0.3) is 10.9 Å². The van der Waals surface area contributed by atoms with Crippen molar-refractivity contribution in [3.8, 4) is 0 Å². The van der Waals surface area contributed by atoms with E-state index in [4.69, 9.17) is 28.7 Å². The minimum absolute atomic E-state index is 0.0147. The number of nitrogens with zero attached hydrogens (tertiary/aromatic N) is 1. The zero-order chi connectivity index (χ0) is 83.2. The van der Waals surface area contributed by atoms with E-state index in [0.717, 1.165) is 0 Å². The van der Waals surface area contributed by atoms with E-state index < -0.39 is 197 Å². The number of benzene rings is 1. The molecular weight excluding hydrogens is 1450 g/mol. The lowest BCUT2D eigenvalue weighted by molar-refractivity contribution is -0.136. The van der Waals surface area contributed by atoms with Crippen molar-refractivity contribution >= 4 is 129 Å². The highest BCUT2D eigenvalue weighted by Gasteiger charge is 2.35. The van der Waals surface area contributed by atoms with E-state index in [-0.39, 0.29) is 64.1 Å². The van der Waals surface area contributed by atoms with E-state index >= 15 is 0 Å². The van der Waals surface area contributed by atoms with Crippen molar-refractivity contribution in [2.75, 3.05) is 31.6 Å². The van der Waals surface area contributed by atoms with Gasteiger partial charge in [-0.1, -0.05) is 18.2 Å². The predicted molar refractivity (Wildman–Crippen MR) is 409 cm³/mol. The van der Waals surface area contributed by atoms with Crippen LogP contribution in [0.2, 0.25) is 0 Å². The molecule has 2 aromatic rings. The highest BCUT2D eigenvalue weighted by molar-refractivity contribution is 7.98. The molecule has 0 saturated heterocycles. The van der Waals surface area contributed by atoms with E-state index in [0.29, 0.717) is 47.9 Å². The van der Waals surface area contributed by atoms with E-state index in [1.54, 1.807) is 36.7 Å². The first-order valence-electron chi connectivity index (χ1n) is 36.3. The third-order valence-electron chi connectivity index (χ3n) is 17.1. The van der Waals surface area contributed by atoms with Crippen molar-refractivity contribution in [2.24, 2.45) is 33.7 Å². The Labute approximate surface area is 643 Å². The number of rotatable bonds is 49. The van der Waals surface area contributed by atoms with E-state index in [2.05, 4.69) is 95.0 Å². The van der Waals surface area contributed by atoms with Gasteiger partial charge in [0.1, 0.15) is 96.7 Å². The van der Waals surface area contributed by atoms with Crippen LogP contribution in [0.5, 0.6) is 0 Å². The van der Waals surface area contributed by atoms with Crippen molar-refractivity contribution in [3.63, 3.8) is 0 Å². The van der Waals surface area contributed by atoms with Crippen molar-refractivity contribution in [1.82, 2.24) is 90.1 Å². The first kappa shape index (κ1) is 95.4. The number of nitrogens with two attached hydrogens (primary N) is 5. The number of aromatic nitrogens is 1. The molecule has 17 amide bonds. The van der Waals surface area contributed by atoms with Crippen LogP contribution in [-0.2, 0) is 87.9 Å². The Kier molecular flexibility index (Phi) is 42.2. The number of thioether (sulfide) groups is 1. The molecule has 0 spiro atoms. The number of primary amides is 1. The molecule has 614 valence electrons. The molecule has 110 heavy (non-hydrogen) atoms. The SMILES string of the molecule is CSCC[C@H](NC(=O)[C@H](C)NC(C)=O)C(=O)N[C@@H](C)C(=O)N[C@@H](C)C(=O)N[C@@H](CCCCN)C(=O)N[C@@H](C)C(=O)N[C@@H](Cc1c[nH]c2ccccc12)C(=O)N[C@@H](C)C(=O)N[C@@H](C)C(=O)N[C@@H](CCCCN)C(=O)N[C@@H](C)C(=O)N[C@@H](C)C(=O)N[C@@H](C)C(=O)N[C@@H](C)C(=O)N[C@@H](CCCN=C(N)N)C(=O)N[C@@H](C)C(N)=O. The molecule has 0 aliphatic heterocycles. The molecule has 16 atom stereocenters. The fourth-order valence-electron chi connectivity index (χ4n) is 10.3. The zero-order valence-corrected chi connectivity index (χ0v) is 65.5. The molecule has 0 aliphatic carbocycles. The topological polar surface area (TPSA) is 641 Å². The Hall–Kier alpha value is -10.7. The molecule has 0 unspecified atom stereocenters. The number of amides is 17. The lowest BCUT2D eigenvalue weighted by atomic mass is 10.0. The molecule has 1 heterocycles. The molecule has 41 heteroatoms. The van der Waals surface area contributed by atoms with Gasteiger partial charge in [-0.2, -0.15) is 11.8 Å². The number of para-hydroxylation sites is 1. The molecule has 40 nitrogen and oxygen atoms in total.